The van der Waals surface area contributed by atoms with Gasteiger partial charge in [0.05, 0.1) is 6.04 Å². The van der Waals surface area contributed by atoms with Crippen LogP contribution in [0, 0.1) is 6.92 Å². The average molecular weight is 394 g/mol. The van der Waals surface area contributed by atoms with Crippen molar-refractivity contribution in [1.29, 1.82) is 0 Å². The number of guanidine groups is 1. The Morgan fingerprint density at radius 2 is 2.22 bits per heavy atom. The second-order valence-electron chi connectivity index (χ2n) is 7.54. The molecule has 0 spiro atoms. The highest BCUT2D eigenvalue weighted by Crippen LogP contribution is 2.19. The van der Waals surface area contributed by atoms with E-state index in [9.17, 15) is 4.79 Å². The maximum atomic E-state index is 12.3. The Balaban J connectivity index is 1.69. The Morgan fingerprint density at radius 1 is 1.44 bits per heavy atom. The standard InChI is InChI=1S/C20H35N5OS/c1-15(14-17-10-9-16(2)27-17)23-20(21-3)22-11-7-13-25-12-6-8-18(25)19(26)24(4)5/h9-10,15,18H,6-8,11-14H2,1-5H3,(H2,21,22,23). The highest BCUT2D eigenvalue weighted by molar-refractivity contribution is 7.11. The van der Waals surface area contributed by atoms with E-state index in [1.165, 1.54) is 9.75 Å². The van der Waals surface area contributed by atoms with Gasteiger partial charge in [-0.3, -0.25) is 14.7 Å². The molecule has 27 heavy (non-hydrogen) atoms. The second-order valence-corrected chi connectivity index (χ2v) is 8.91. The number of likely N-dealkylation sites (tertiary alicyclic amines) is 1. The minimum Gasteiger partial charge on any atom is -0.356 e. The van der Waals surface area contributed by atoms with Gasteiger partial charge in [-0.1, -0.05) is 0 Å². The third-order valence-corrected chi connectivity index (χ3v) is 5.94. The Labute approximate surface area is 168 Å². The second kappa shape index (κ2) is 10.7. The molecule has 0 aliphatic carbocycles. The summed E-state index contributed by atoms with van der Waals surface area (Å²) in [4.78, 5) is 23.4. The summed E-state index contributed by atoms with van der Waals surface area (Å²) in [5.41, 5.74) is 0. The topological polar surface area (TPSA) is 60.0 Å². The monoisotopic (exact) mass is 393 g/mol. The fourth-order valence-electron chi connectivity index (χ4n) is 3.54. The molecule has 6 nitrogen and oxygen atoms in total. The van der Waals surface area contributed by atoms with Crippen LogP contribution in [0.1, 0.15) is 35.9 Å². The van der Waals surface area contributed by atoms with Gasteiger partial charge in [0, 0.05) is 56.4 Å². The predicted molar refractivity (Wildman–Crippen MR) is 115 cm³/mol. The van der Waals surface area contributed by atoms with Crippen molar-refractivity contribution in [3.8, 4) is 0 Å². The lowest BCUT2D eigenvalue weighted by Gasteiger charge is -2.26. The smallest absolute Gasteiger partial charge is 0.239 e. The number of nitrogens with one attached hydrogen (secondary N) is 2. The molecular weight excluding hydrogens is 358 g/mol. The zero-order chi connectivity index (χ0) is 19.8. The van der Waals surface area contributed by atoms with Crippen LogP contribution in [0.3, 0.4) is 0 Å². The van der Waals surface area contributed by atoms with Crippen LogP contribution >= 0.6 is 11.3 Å². The lowest BCUT2D eigenvalue weighted by atomic mass is 10.2. The molecular formula is C20H35N5OS. The van der Waals surface area contributed by atoms with E-state index in [0.29, 0.717) is 6.04 Å². The van der Waals surface area contributed by atoms with E-state index < -0.39 is 0 Å². The van der Waals surface area contributed by atoms with Crippen molar-refractivity contribution in [1.82, 2.24) is 20.4 Å². The van der Waals surface area contributed by atoms with Crippen LogP contribution in [-0.4, -0.2) is 74.5 Å². The average Bonchev–Trinajstić information content (AvgIpc) is 3.25. The SMILES string of the molecule is CN=C(NCCCN1CCCC1C(=O)N(C)C)NC(C)Cc1ccc(C)s1. The van der Waals surface area contributed by atoms with Crippen molar-refractivity contribution < 1.29 is 4.79 Å². The summed E-state index contributed by atoms with van der Waals surface area (Å²) in [6, 6.07) is 4.77. The van der Waals surface area contributed by atoms with E-state index in [0.717, 1.165) is 51.3 Å². The van der Waals surface area contributed by atoms with Crippen LogP contribution in [0.2, 0.25) is 0 Å². The number of aryl methyl sites for hydroxylation is 1. The lowest BCUT2D eigenvalue weighted by molar-refractivity contribution is -0.133. The molecule has 2 N–H and O–H groups in total. The normalized spacial score (nSPS) is 19.1. The highest BCUT2D eigenvalue weighted by Gasteiger charge is 2.30. The summed E-state index contributed by atoms with van der Waals surface area (Å²) in [5.74, 6) is 1.08. The van der Waals surface area contributed by atoms with Gasteiger partial charge in [0.25, 0.3) is 0 Å². The van der Waals surface area contributed by atoms with Gasteiger partial charge in [-0.2, -0.15) is 0 Å². The molecule has 0 aromatic carbocycles. The van der Waals surface area contributed by atoms with E-state index in [2.05, 4.69) is 46.5 Å². The fraction of sp³-hybridized carbons (Fsp3) is 0.700. The van der Waals surface area contributed by atoms with E-state index in [1.54, 1.807) is 4.90 Å². The van der Waals surface area contributed by atoms with Crippen molar-refractivity contribution in [2.24, 2.45) is 4.99 Å². The van der Waals surface area contributed by atoms with Crippen LogP contribution in [0.25, 0.3) is 0 Å². The van der Waals surface area contributed by atoms with Crippen LogP contribution in [0.4, 0.5) is 0 Å². The molecule has 0 saturated carbocycles. The van der Waals surface area contributed by atoms with E-state index in [1.807, 2.05) is 32.5 Å². The van der Waals surface area contributed by atoms with Gasteiger partial charge in [-0.25, -0.2) is 0 Å². The number of rotatable bonds is 8. The number of thiophene rings is 1. The zero-order valence-corrected chi connectivity index (χ0v) is 18.2. The van der Waals surface area contributed by atoms with Gasteiger partial charge in [0.15, 0.2) is 5.96 Å². The number of hydrogen-bond acceptors (Lipinski definition) is 4. The molecule has 0 radical (unpaired) electrons. The molecule has 2 rings (SSSR count). The third kappa shape index (κ3) is 6.81. The molecule has 152 valence electrons. The third-order valence-electron chi connectivity index (χ3n) is 4.91. The summed E-state index contributed by atoms with van der Waals surface area (Å²) >= 11 is 1.85. The van der Waals surface area contributed by atoms with Gasteiger partial charge < -0.3 is 15.5 Å². The van der Waals surface area contributed by atoms with E-state index >= 15 is 0 Å². The molecule has 2 unspecified atom stereocenters. The van der Waals surface area contributed by atoms with Crippen LogP contribution < -0.4 is 10.6 Å². The zero-order valence-electron chi connectivity index (χ0n) is 17.4. The molecule has 1 amide bonds. The van der Waals surface area contributed by atoms with Crippen molar-refractivity contribution >= 4 is 23.2 Å². The number of amides is 1. The number of nitrogens with zero attached hydrogens (tertiary/aromatic N) is 3. The van der Waals surface area contributed by atoms with Crippen molar-refractivity contribution in [3.63, 3.8) is 0 Å². The van der Waals surface area contributed by atoms with Crippen LogP contribution in [-0.2, 0) is 11.2 Å². The minimum atomic E-state index is 0.0618. The summed E-state index contributed by atoms with van der Waals surface area (Å²) < 4.78 is 0. The molecule has 7 heteroatoms. The molecule has 2 heterocycles. The Bertz CT molecular complexity index is 628. The molecule has 2 atom stereocenters. The van der Waals surface area contributed by atoms with E-state index in [-0.39, 0.29) is 11.9 Å². The number of carbonyl (C=O) groups is 1. The predicted octanol–water partition coefficient (Wildman–Crippen LogP) is 2.10. The maximum Gasteiger partial charge on any atom is 0.239 e. The quantitative estimate of drug-likeness (QED) is 0.403. The maximum absolute atomic E-state index is 12.3. The van der Waals surface area contributed by atoms with Gasteiger partial charge in [-0.15, -0.1) is 11.3 Å². The van der Waals surface area contributed by atoms with Crippen molar-refractivity contribution in [2.75, 3.05) is 40.8 Å². The first-order valence-corrected chi connectivity index (χ1v) is 10.7. The molecule has 1 aromatic rings. The Kier molecular flexibility index (Phi) is 8.57. The van der Waals surface area contributed by atoms with E-state index in [4.69, 9.17) is 0 Å². The lowest BCUT2D eigenvalue weighted by Crippen LogP contribution is -2.45. The van der Waals surface area contributed by atoms with Crippen molar-refractivity contribution in [2.45, 2.75) is 51.6 Å². The number of carbonyl (C=O) groups excluding carboxylic acids is 1. The molecule has 1 aliphatic heterocycles. The van der Waals surface area contributed by atoms with Crippen molar-refractivity contribution in [3.05, 3.63) is 21.9 Å². The van der Waals surface area contributed by atoms with Gasteiger partial charge in [0.1, 0.15) is 0 Å². The first kappa shape index (κ1) is 21.7. The summed E-state index contributed by atoms with van der Waals surface area (Å²) in [6.07, 6.45) is 4.09. The number of likely N-dealkylation sites (N-methyl/N-ethyl adjacent to an activating group) is 1. The minimum absolute atomic E-state index is 0.0618. The van der Waals surface area contributed by atoms with Gasteiger partial charge in [-0.05, 0) is 51.8 Å². The molecule has 1 aliphatic rings. The highest BCUT2D eigenvalue weighted by atomic mass is 32.1. The fourth-order valence-corrected chi connectivity index (χ4v) is 4.56. The first-order chi connectivity index (χ1) is 12.9. The first-order valence-electron chi connectivity index (χ1n) is 9.88. The van der Waals surface area contributed by atoms with Crippen LogP contribution in [0.15, 0.2) is 17.1 Å². The number of hydrogen-bond donors (Lipinski definition) is 2. The molecule has 1 fully saturated rings. The number of aliphatic imine (C=N–C) groups is 1. The summed E-state index contributed by atoms with van der Waals surface area (Å²) in [5, 5.41) is 6.87. The van der Waals surface area contributed by atoms with Gasteiger partial charge >= 0.3 is 0 Å². The molecule has 1 saturated heterocycles. The Morgan fingerprint density at radius 3 is 2.85 bits per heavy atom. The largest absolute Gasteiger partial charge is 0.356 e. The van der Waals surface area contributed by atoms with Crippen LogP contribution in [0.5, 0.6) is 0 Å². The van der Waals surface area contributed by atoms with Gasteiger partial charge in [0.2, 0.25) is 5.91 Å². The molecule has 0 bridgehead atoms. The Hall–Kier alpha value is -1.60. The summed E-state index contributed by atoms with van der Waals surface area (Å²) in [6.45, 7) is 7.14. The summed E-state index contributed by atoms with van der Waals surface area (Å²) in [7, 11) is 5.49. The molecule has 1 aromatic heterocycles.